The molecule has 2 bridgehead atoms. The van der Waals surface area contributed by atoms with Crippen molar-refractivity contribution in [1.82, 2.24) is 20.2 Å². The molecule has 1 saturated carbocycles. The Morgan fingerprint density at radius 1 is 1.05 bits per heavy atom. The molecule has 0 amide bonds. The second kappa shape index (κ2) is 10.6. The highest BCUT2D eigenvalue weighted by atomic mass is 127. The first kappa shape index (κ1) is 27.8. The number of aromatic hydroxyl groups is 1. The predicted molar refractivity (Wildman–Crippen MR) is 177 cm³/mol. The molecular formula is C34H40FIN6O2. The van der Waals surface area contributed by atoms with Gasteiger partial charge in [-0.05, 0) is 84.6 Å². The summed E-state index contributed by atoms with van der Waals surface area (Å²) in [7, 11) is 0. The van der Waals surface area contributed by atoms with E-state index in [1.807, 2.05) is 18.2 Å². The van der Waals surface area contributed by atoms with Crippen molar-refractivity contribution in [2.75, 3.05) is 42.6 Å². The van der Waals surface area contributed by atoms with Gasteiger partial charge in [0.05, 0.1) is 17.8 Å². The van der Waals surface area contributed by atoms with Crippen molar-refractivity contribution in [2.24, 2.45) is 5.92 Å². The maximum Gasteiger partial charge on any atom is 0.318 e. The van der Waals surface area contributed by atoms with Gasteiger partial charge < -0.3 is 25.0 Å². The number of nitrogens with one attached hydrogen (secondary N) is 1. The Kier molecular flexibility index (Phi) is 6.68. The van der Waals surface area contributed by atoms with Crippen LogP contribution in [-0.4, -0.2) is 82.6 Å². The fourth-order valence-electron chi connectivity index (χ4n) is 9.73. The third-order valence-corrected chi connectivity index (χ3v) is 12.4. The Morgan fingerprint density at radius 2 is 1.91 bits per heavy atom. The summed E-state index contributed by atoms with van der Waals surface area (Å²) < 4.78 is 22.6. The average Bonchev–Trinajstić information content (AvgIpc) is 3.75. The van der Waals surface area contributed by atoms with Crippen molar-refractivity contribution in [2.45, 2.75) is 87.7 Å². The van der Waals surface area contributed by atoms with E-state index < -0.39 is 6.17 Å². The standard InChI is InChI=1S/C34H40FIN6O2/c35-22-14-34(13-21-4-2-6-29(21)42(34)15-22)19-44-33-38-28-18-40(30-12-25(43)11-20-3-1-5-27(36)31(20)30)10-9-26(28)32(39-33)41-16-23-7-8-24(17-41)37-23/h1,3,5,11-12,21-24,29,37,43H,2,4,6-10,13-19H2. The number of phenols is 1. The average molecular weight is 711 g/mol. The lowest BCUT2D eigenvalue weighted by Gasteiger charge is -2.38. The minimum atomic E-state index is -0.787. The highest BCUT2D eigenvalue weighted by molar-refractivity contribution is 14.1. The number of benzene rings is 2. The molecule has 0 radical (unpaired) electrons. The number of fused-ring (bicyclic) bond motifs is 7. The second-order valence-electron chi connectivity index (χ2n) is 14.2. The van der Waals surface area contributed by atoms with Crippen molar-refractivity contribution >= 4 is 44.9 Å². The predicted octanol–water partition coefficient (Wildman–Crippen LogP) is 5.18. The summed E-state index contributed by atoms with van der Waals surface area (Å²) >= 11 is 2.40. The van der Waals surface area contributed by atoms with E-state index in [2.05, 4.69) is 54.7 Å². The third-order valence-electron chi connectivity index (χ3n) is 11.5. The van der Waals surface area contributed by atoms with E-state index in [1.54, 1.807) is 0 Å². The van der Waals surface area contributed by atoms with Crippen molar-refractivity contribution in [3.63, 3.8) is 0 Å². The molecule has 0 spiro atoms. The summed E-state index contributed by atoms with van der Waals surface area (Å²) in [5.41, 5.74) is 3.00. The van der Waals surface area contributed by atoms with Crippen molar-refractivity contribution in [3.05, 3.63) is 45.2 Å². The molecule has 5 fully saturated rings. The fraction of sp³-hybridized carbons (Fsp3) is 0.588. The van der Waals surface area contributed by atoms with E-state index in [9.17, 15) is 9.50 Å². The van der Waals surface area contributed by atoms with E-state index in [0.29, 0.717) is 56.2 Å². The molecule has 10 heteroatoms. The number of anilines is 2. The van der Waals surface area contributed by atoms with Crippen molar-refractivity contribution in [3.8, 4) is 11.8 Å². The zero-order valence-electron chi connectivity index (χ0n) is 25.0. The van der Waals surface area contributed by atoms with Crippen LogP contribution >= 0.6 is 22.6 Å². The Morgan fingerprint density at radius 3 is 2.77 bits per heavy atom. The van der Waals surface area contributed by atoms with E-state index in [-0.39, 0.29) is 11.3 Å². The molecular weight excluding hydrogens is 670 g/mol. The largest absolute Gasteiger partial charge is 0.508 e. The van der Waals surface area contributed by atoms with Gasteiger partial charge in [0.25, 0.3) is 0 Å². The molecule has 6 unspecified atom stereocenters. The van der Waals surface area contributed by atoms with Crippen LogP contribution in [-0.2, 0) is 13.0 Å². The molecule has 4 saturated heterocycles. The number of piperazine rings is 1. The van der Waals surface area contributed by atoms with Gasteiger partial charge in [-0.3, -0.25) is 4.90 Å². The summed E-state index contributed by atoms with van der Waals surface area (Å²) in [6.07, 6.45) is 7.73. The van der Waals surface area contributed by atoms with Crippen LogP contribution in [0.1, 0.15) is 56.2 Å². The van der Waals surface area contributed by atoms with Crippen LogP contribution in [0.3, 0.4) is 0 Å². The molecule has 5 aliphatic heterocycles. The second-order valence-corrected chi connectivity index (χ2v) is 15.4. The Labute approximate surface area is 271 Å². The lowest BCUT2D eigenvalue weighted by molar-refractivity contribution is 0.0829. The first-order valence-electron chi connectivity index (χ1n) is 16.5. The molecule has 6 atom stereocenters. The molecule has 44 heavy (non-hydrogen) atoms. The molecule has 3 aromatic rings. The Bertz CT molecular complexity index is 1610. The zero-order chi connectivity index (χ0) is 29.6. The monoisotopic (exact) mass is 710 g/mol. The zero-order valence-corrected chi connectivity index (χ0v) is 27.2. The molecule has 2 aromatic carbocycles. The van der Waals surface area contributed by atoms with Crippen LogP contribution < -0.4 is 19.9 Å². The van der Waals surface area contributed by atoms with Crippen LogP contribution in [0.25, 0.3) is 10.8 Å². The Balaban J connectivity index is 1.07. The number of alkyl halides is 1. The summed E-state index contributed by atoms with van der Waals surface area (Å²) in [5, 5.41) is 16.6. The number of nitrogens with zero attached hydrogens (tertiary/aromatic N) is 5. The molecule has 6 aliphatic rings. The number of hydrogen-bond donors (Lipinski definition) is 2. The molecule has 9 rings (SSSR count). The summed E-state index contributed by atoms with van der Waals surface area (Å²) in [5.74, 6) is 1.96. The molecule has 1 aliphatic carbocycles. The van der Waals surface area contributed by atoms with Gasteiger partial charge in [-0.25, -0.2) is 4.39 Å². The van der Waals surface area contributed by atoms with Gasteiger partial charge in [-0.1, -0.05) is 18.6 Å². The molecule has 1 aromatic heterocycles. The molecule has 6 heterocycles. The van der Waals surface area contributed by atoms with Crippen LogP contribution in [0.2, 0.25) is 0 Å². The van der Waals surface area contributed by atoms with Gasteiger partial charge in [-0.15, -0.1) is 0 Å². The van der Waals surface area contributed by atoms with E-state index in [1.165, 1.54) is 37.7 Å². The third kappa shape index (κ3) is 4.56. The highest BCUT2D eigenvalue weighted by Gasteiger charge is 2.58. The first-order valence-corrected chi connectivity index (χ1v) is 17.6. The van der Waals surface area contributed by atoms with Crippen LogP contribution in [0, 0.1) is 9.49 Å². The van der Waals surface area contributed by atoms with Gasteiger partial charge in [0, 0.05) is 77.0 Å². The van der Waals surface area contributed by atoms with Crippen LogP contribution in [0.4, 0.5) is 15.9 Å². The van der Waals surface area contributed by atoms with E-state index in [4.69, 9.17) is 14.7 Å². The maximum atomic E-state index is 14.9. The fourth-order valence-corrected chi connectivity index (χ4v) is 10.5. The van der Waals surface area contributed by atoms with E-state index >= 15 is 0 Å². The number of hydrogen-bond acceptors (Lipinski definition) is 8. The number of aromatic nitrogens is 2. The number of phenolic OH excluding ortho intramolecular Hbond substituents is 1. The van der Waals surface area contributed by atoms with Crippen molar-refractivity contribution in [1.29, 1.82) is 0 Å². The summed E-state index contributed by atoms with van der Waals surface area (Å²) in [6.45, 7) is 4.33. The SMILES string of the molecule is Oc1cc(N2CCc3c(nc(OCC45CC(F)CN4C4CCCC4C5)nc3N3CC4CCC(C3)N4)C2)c2c(I)cccc2c1. The smallest absolute Gasteiger partial charge is 0.318 e. The van der Waals surface area contributed by atoms with Gasteiger partial charge in [0.2, 0.25) is 0 Å². The highest BCUT2D eigenvalue weighted by Crippen LogP contribution is 2.52. The lowest BCUT2D eigenvalue weighted by atomic mass is 9.89. The molecule has 8 nitrogen and oxygen atoms in total. The van der Waals surface area contributed by atoms with Crippen LogP contribution in [0.15, 0.2) is 30.3 Å². The van der Waals surface area contributed by atoms with E-state index in [0.717, 1.165) is 64.0 Å². The quantitative estimate of drug-likeness (QED) is 0.352. The minimum absolute atomic E-state index is 0.244. The summed E-state index contributed by atoms with van der Waals surface area (Å²) in [6, 6.07) is 11.9. The maximum absolute atomic E-state index is 14.9. The number of rotatable bonds is 5. The Hall–Kier alpha value is -2.44. The van der Waals surface area contributed by atoms with Gasteiger partial charge >= 0.3 is 6.01 Å². The summed E-state index contributed by atoms with van der Waals surface area (Å²) in [4.78, 5) is 17.5. The van der Waals surface area contributed by atoms with Gasteiger partial charge in [0.1, 0.15) is 24.3 Å². The molecule has 2 N–H and O–H groups in total. The van der Waals surface area contributed by atoms with Crippen LogP contribution in [0.5, 0.6) is 11.8 Å². The number of halogens is 2. The van der Waals surface area contributed by atoms with Gasteiger partial charge in [0.15, 0.2) is 0 Å². The van der Waals surface area contributed by atoms with Crippen molar-refractivity contribution < 1.29 is 14.2 Å². The molecule has 232 valence electrons. The normalized spacial score (nSPS) is 32.7. The topological polar surface area (TPSA) is 77.0 Å². The number of ether oxygens (including phenoxy) is 1. The lowest BCUT2D eigenvalue weighted by Crippen LogP contribution is -2.52. The minimum Gasteiger partial charge on any atom is -0.508 e. The first-order chi connectivity index (χ1) is 21.4. The van der Waals surface area contributed by atoms with Gasteiger partial charge in [-0.2, -0.15) is 9.97 Å².